The van der Waals surface area contributed by atoms with Crippen LogP contribution in [-0.4, -0.2) is 30.4 Å². The lowest BCUT2D eigenvalue weighted by Crippen LogP contribution is -2.42. The molecule has 0 aliphatic carbocycles. The number of hydrogen-bond acceptors (Lipinski definition) is 2. The Hall–Kier alpha value is -1.56. The highest BCUT2D eigenvalue weighted by Crippen LogP contribution is 2.20. The van der Waals surface area contributed by atoms with Crippen LogP contribution in [0.5, 0.6) is 0 Å². The second-order valence-electron chi connectivity index (χ2n) is 5.41. The van der Waals surface area contributed by atoms with Crippen molar-refractivity contribution < 1.29 is 18.0 Å². The van der Waals surface area contributed by atoms with E-state index < -0.39 is 28.9 Å². The monoisotopic (exact) mass is 288 g/mol. The minimum Gasteiger partial charge on any atom is -0.338 e. The maximum atomic E-state index is 13.6. The summed E-state index contributed by atoms with van der Waals surface area (Å²) in [5.41, 5.74) is 4.78. The van der Waals surface area contributed by atoms with Gasteiger partial charge in [-0.1, -0.05) is 13.8 Å². The van der Waals surface area contributed by atoms with E-state index in [2.05, 4.69) is 0 Å². The van der Waals surface area contributed by atoms with Gasteiger partial charge in [0, 0.05) is 13.1 Å². The molecular formula is C14H19F3N2O. The molecule has 0 saturated carbocycles. The van der Waals surface area contributed by atoms with Crippen molar-refractivity contribution in [2.75, 3.05) is 19.6 Å². The first-order chi connectivity index (χ1) is 9.23. The standard InChI is InChI=1S/C14H19F3N2O/c1-4-19(8-14(2,3)7-18)13(20)9-5-6-10(15)12(17)11(9)16/h5-6H,4,7-8,18H2,1-3H3. The quantitative estimate of drug-likeness (QED) is 0.846. The van der Waals surface area contributed by atoms with Crippen LogP contribution in [0.15, 0.2) is 12.1 Å². The summed E-state index contributed by atoms with van der Waals surface area (Å²) in [5, 5.41) is 0. The van der Waals surface area contributed by atoms with Crippen LogP contribution in [0.2, 0.25) is 0 Å². The van der Waals surface area contributed by atoms with E-state index >= 15 is 0 Å². The third-order valence-corrected chi connectivity index (χ3v) is 3.11. The number of hydrogen-bond donors (Lipinski definition) is 1. The summed E-state index contributed by atoms with van der Waals surface area (Å²) in [6.07, 6.45) is 0. The summed E-state index contributed by atoms with van der Waals surface area (Å²) in [5.74, 6) is -5.08. The largest absolute Gasteiger partial charge is 0.338 e. The third kappa shape index (κ3) is 3.50. The summed E-state index contributed by atoms with van der Waals surface area (Å²) >= 11 is 0. The highest BCUT2D eigenvalue weighted by atomic mass is 19.2. The van der Waals surface area contributed by atoms with Crippen molar-refractivity contribution in [3.05, 3.63) is 35.1 Å². The van der Waals surface area contributed by atoms with Crippen LogP contribution in [0.4, 0.5) is 13.2 Å². The van der Waals surface area contributed by atoms with Crippen LogP contribution in [0, 0.1) is 22.9 Å². The molecule has 1 rings (SSSR count). The first kappa shape index (κ1) is 16.5. The third-order valence-electron chi connectivity index (χ3n) is 3.11. The molecule has 0 heterocycles. The van der Waals surface area contributed by atoms with Crippen LogP contribution in [0.1, 0.15) is 31.1 Å². The van der Waals surface area contributed by atoms with Crippen LogP contribution < -0.4 is 5.73 Å². The molecule has 0 radical (unpaired) electrons. The van der Waals surface area contributed by atoms with E-state index in [1.807, 2.05) is 13.8 Å². The molecule has 0 bridgehead atoms. The number of nitrogens with two attached hydrogens (primary N) is 1. The molecule has 20 heavy (non-hydrogen) atoms. The average Bonchev–Trinajstić information content (AvgIpc) is 2.42. The maximum absolute atomic E-state index is 13.6. The van der Waals surface area contributed by atoms with Gasteiger partial charge in [-0.15, -0.1) is 0 Å². The minimum atomic E-state index is -1.63. The smallest absolute Gasteiger partial charge is 0.256 e. The zero-order chi connectivity index (χ0) is 15.5. The molecule has 0 aliphatic heterocycles. The van der Waals surface area contributed by atoms with Crippen molar-refractivity contribution in [3.8, 4) is 0 Å². The number of carbonyl (C=O) groups excluding carboxylic acids is 1. The Morgan fingerprint density at radius 3 is 2.35 bits per heavy atom. The molecule has 1 aromatic carbocycles. The Balaban J connectivity index is 3.07. The van der Waals surface area contributed by atoms with Crippen molar-refractivity contribution in [1.82, 2.24) is 4.90 Å². The van der Waals surface area contributed by atoms with Gasteiger partial charge in [-0.05, 0) is 31.0 Å². The van der Waals surface area contributed by atoms with E-state index in [9.17, 15) is 18.0 Å². The Bertz CT molecular complexity index is 503. The fourth-order valence-electron chi connectivity index (χ4n) is 1.77. The molecular weight excluding hydrogens is 269 g/mol. The molecule has 1 aromatic rings. The molecule has 0 aromatic heterocycles. The van der Waals surface area contributed by atoms with E-state index in [0.29, 0.717) is 19.6 Å². The van der Waals surface area contributed by atoms with E-state index in [4.69, 9.17) is 5.73 Å². The van der Waals surface area contributed by atoms with Gasteiger partial charge in [-0.25, -0.2) is 13.2 Å². The molecule has 0 spiro atoms. The highest BCUT2D eigenvalue weighted by molar-refractivity contribution is 5.94. The Labute approximate surface area is 116 Å². The predicted octanol–water partition coefficient (Wildman–Crippen LogP) is 2.55. The van der Waals surface area contributed by atoms with Gasteiger partial charge in [0.15, 0.2) is 17.5 Å². The Morgan fingerprint density at radius 1 is 1.25 bits per heavy atom. The van der Waals surface area contributed by atoms with Gasteiger partial charge < -0.3 is 10.6 Å². The minimum absolute atomic E-state index is 0.303. The van der Waals surface area contributed by atoms with Gasteiger partial charge in [0.1, 0.15) is 0 Å². The fourth-order valence-corrected chi connectivity index (χ4v) is 1.77. The van der Waals surface area contributed by atoms with Crippen LogP contribution in [0.3, 0.4) is 0 Å². The summed E-state index contributed by atoms with van der Waals surface area (Å²) in [4.78, 5) is 13.6. The zero-order valence-corrected chi connectivity index (χ0v) is 11.8. The summed E-state index contributed by atoms with van der Waals surface area (Å²) in [6.45, 7) is 6.42. The summed E-state index contributed by atoms with van der Waals surface area (Å²) in [7, 11) is 0. The number of benzene rings is 1. The molecule has 6 heteroatoms. The maximum Gasteiger partial charge on any atom is 0.256 e. The normalized spacial score (nSPS) is 11.6. The highest BCUT2D eigenvalue weighted by Gasteiger charge is 2.26. The van der Waals surface area contributed by atoms with Crippen molar-refractivity contribution in [3.63, 3.8) is 0 Å². The summed E-state index contributed by atoms with van der Waals surface area (Å²) in [6, 6.07) is 1.70. The first-order valence-corrected chi connectivity index (χ1v) is 6.36. The Morgan fingerprint density at radius 2 is 1.85 bits per heavy atom. The number of nitrogens with zero attached hydrogens (tertiary/aromatic N) is 1. The topological polar surface area (TPSA) is 46.3 Å². The van der Waals surface area contributed by atoms with Crippen LogP contribution in [-0.2, 0) is 0 Å². The molecule has 0 saturated heterocycles. The number of rotatable bonds is 5. The van der Waals surface area contributed by atoms with Crippen molar-refractivity contribution in [1.29, 1.82) is 0 Å². The van der Waals surface area contributed by atoms with E-state index in [1.54, 1.807) is 6.92 Å². The van der Waals surface area contributed by atoms with Crippen LogP contribution in [0.25, 0.3) is 0 Å². The second-order valence-corrected chi connectivity index (χ2v) is 5.41. The van der Waals surface area contributed by atoms with Crippen molar-refractivity contribution >= 4 is 5.91 Å². The molecule has 112 valence electrons. The van der Waals surface area contributed by atoms with E-state index in [1.165, 1.54) is 4.90 Å². The zero-order valence-electron chi connectivity index (χ0n) is 11.8. The number of carbonyl (C=O) groups is 1. The lowest BCUT2D eigenvalue weighted by molar-refractivity contribution is 0.0694. The number of halogens is 3. The van der Waals surface area contributed by atoms with E-state index in [-0.39, 0.29) is 5.41 Å². The SMILES string of the molecule is CCN(CC(C)(C)CN)C(=O)c1ccc(F)c(F)c1F. The molecule has 0 aliphatic rings. The van der Waals surface area contributed by atoms with E-state index in [0.717, 1.165) is 12.1 Å². The predicted molar refractivity (Wildman–Crippen MR) is 70.7 cm³/mol. The van der Waals surface area contributed by atoms with Gasteiger partial charge in [0.05, 0.1) is 5.56 Å². The first-order valence-electron chi connectivity index (χ1n) is 6.36. The molecule has 3 nitrogen and oxygen atoms in total. The Kier molecular flexibility index (Phi) is 5.16. The van der Waals surface area contributed by atoms with Gasteiger partial charge in [0.25, 0.3) is 5.91 Å². The lowest BCUT2D eigenvalue weighted by Gasteiger charge is -2.31. The summed E-state index contributed by atoms with van der Waals surface area (Å²) < 4.78 is 39.7. The second kappa shape index (κ2) is 6.26. The molecule has 2 N–H and O–H groups in total. The van der Waals surface area contributed by atoms with Gasteiger partial charge in [-0.3, -0.25) is 4.79 Å². The lowest BCUT2D eigenvalue weighted by atomic mass is 9.93. The number of amides is 1. The molecule has 1 amide bonds. The molecule has 0 atom stereocenters. The van der Waals surface area contributed by atoms with Crippen molar-refractivity contribution in [2.45, 2.75) is 20.8 Å². The van der Waals surface area contributed by atoms with Gasteiger partial charge in [0.2, 0.25) is 0 Å². The van der Waals surface area contributed by atoms with Crippen molar-refractivity contribution in [2.24, 2.45) is 11.1 Å². The van der Waals surface area contributed by atoms with Crippen LogP contribution >= 0.6 is 0 Å². The van der Waals surface area contributed by atoms with Gasteiger partial charge >= 0.3 is 0 Å². The molecule has 0 fully saturated rings. The fraction of sp³-hybridized carbons (Fsp3) is 0.500. The average molecular weight is 288 g/mol. The molecule has 0 unspecified atom stereocenters. The van der Waals surface area contributed by atoms with Gasteiger partial charge in [-0.2, -0.15) is 0 Å².